The molecule has 0 atom stereocenters. The smallest absolute Gasteiger partial charge is 0.190 e. The minimum absolute atomic E-state index is 0. The van der Waals surface area contributed by atoms with Gasteiger partial charge in [-0.1, -0.05) is 44.5 Å². The molecule has 0 unspecified atom stereocenters. The second kappa shape index (κ2) is 12.0. The Morgan fingerprint density at radius 1 is 1.00 bits per heavy atom. The number of hydrogen-bond donors (Lipinski definition) is 2. The van der Waals surface area contributed by atoms with Gasteiger partial charge in [0.15, 0.2) is 5.96 Å². The average molecular weight is 389 g/mol. The van der Waals surface area contributed by atoms with Crippen LogP contribution in [0.15, 0.2) is 29.3 Å². The fraction of sp³-hybridized carbons (Fsp3) is 0.562. The lowest BCUT2D eigenvalue weighted by atomic mass is 10.1. The number of halogens is 1. The lowest BCUT2D eigenvalue weighted by molar-refractivity contribution is 0.726. The van der Waals surface area contributed by atoms with Crippen LogP contribution in [0.2, 0.25) is 0 Å². The maximum Gasteiger partial charge on any atom is 0.190 e. The number of hydrogen-bond acceptors (Lipinski definition) is 1. The predicted octanol–water partition coefficient (Wildman–Crippen LogP) is 3.37. The monoisotopic (exact) mass is 389 g/mol. The van der Waals surface area contributed by atoms with E-state index < -0.39 is 0 Å². The normalized spacial score (nSPS) is 10.8. The number of nitrogens with zero attached hydrogens (tertiary/aromatic N) is 1. The second-order valence-corrected chi connectivity index (χ2v) is 4.70. The summed E-state index contributed by atoms with van der Waals surface area (Å²) in [6.07, 6.45) is 4.51. The fourth-order valence-corrected chi connectivity index (χ4v) is 1.87. The van der Waals surface area contributed by atoms with Crippen molar-refractivity contribution in [1.82, 2.24) is 10.6 Å². The van der Waals surface area contributed by atoms with E-state index in [1.165, 1.54) is 24.0 Å². The van der Waals surface area contributed by atoms with E-state index in [1.807, 2.05) is 7.05 Å². The number of aryl methyl sites for hydroxylation is 1. The quantitative estimate of drug-likeness (QED) is 0.325. The van der Waals surface area contributed by atoms with E-state index in [2.05, 4.69) is 53.7 Å². The van der Waals surface area contributed by atoms with Gasteiger partial charge in [0.05, 0.1) is 0 Å². The zero-order valence-electron chi connectivity index (χ0n) is 12.9. The SMILES string of the molecule is CCCCNC(=NC)NCCc1ccc(CC)cc1.I. The van der Waals surface area contributed by atoms with Crippen LogP contribution in [0.25, 0.3) is 0 Å². The summed E-state index contributed by atoms with van der Waals surface area (Å²) in [5.41, 5.74) is 2.77. The van der Waals surface area contributed by atoms with E-state index in [0.717, 1.165) is 31.9 Å². The highest BCUT2D eigenvalue weighted by Gasteiger charge is 1.97. The van der Waals surface area contributed by atoms with Crippen LogP contribution in [0.1, 0.15) is 37.8 Å². The molecule has 1 aromatic rings. The minimum Gasteiger partial charge on any atom is -0.356 e. The molecule has 0 saturated carbocycles. The highest BCUT2D eigenvalue weighted by molar-refractivity contribution is 14.0. The van der Waals surface area contributed by atoms with E-state index in [-0.39, 0.29) is 24.0 Å². The first-order chi connectivity index (χ1) is 9.30. The van der Waals surface area contributed by atoms with Gasteiger partial charge in [0.1, 0.15) is 0 Å². The van der Waals surface area contributed by atoms with Crippen LogP contribution < -0.4 is 10.6 Å². The van der Waals surface area contributed by atoms with E-state index in [0.29, 0.717) is 0 Å². The first-order valence-electron chi connectivity index (χ1n) is 7.32. The van der Waals surface area contributed by atoms with Gasteiger partial charge >= 0.3 is 0 Å². The van der Waals surface area contributed by atoms with Crippen LogP contribution in [0.3, 0.4) is 0 Å². The van der Waals surface area contributed by atoms with Gasteiger partial charge < -0.3 is 10.6 Å². The summed E-state index contributed by atoms with van der Waals surface area (Å²) in [6.45, 7) is 6.28. The molecule has 20 heavy (non-hydrogen) atoms. The van der Waals surface area contributed by atoms with Crippen molar-refractivity contribution in [3.05, 3.63) is 35.4 Å². The molecular formula is C16H28IN3. The molecule has 0 bridgehead atoms. The van der Waals surface area contributed by atoms with Crippen LogP contribution in [0, 0.1) is 0 Å². The molecule has 4 heteroatoms. The van der Waals surface area contributed by atoms with E-state index in [1.54, 1.807) is 0 Å². The first-order valence-corrected chi connectivity index (χ1v) is 7.32. The number of rotatable bonds is 7. The molecule has 2 N–H and O–H groups in total. The Labute approximate surface area is 140 Å². The molecule has 0 spiro atoms. The zero-order chi connectivity index (χ0) is 13.9. The molecule has 3 nitrogen and oxygen atoms in total. The van der Waals surface area contributed by atoms with Gasteiger partial charge in [-0.15, -0.1) is 24.0 Å². The number of nitrogens with one attached hydrogen (secondary N) is 2. The molecule has 0 aliphatic carbocycles. The van der Waals surface area contributed by atoms with Crippen molar-refractivity contribution in [1.29, 1.82) is 0 Å². The van der Waals surface area contributed by atoms with Gasteiger partial charge in [0, 0.05) is 20.1 Å². The Morgan fingerprint density at radius 2 is 1.60 bits per heavy atom. The van der Waals surface area contributed by atoms with E-state index in [9.17, 15) is 0 Å². The molecule has 0 aliphatic heterocycles. The predicted molar refractivity (Wildman–Crippen MR) is 99.2 cm³/mol. The summed E-state index contributed by atoms with van der Waals surface area (Å²) < 4.78 is 0. The largest absolute Gasteiger partial charge is 0.356 e. The fourth-order valence-electron chi connectivity index (χ4n) is 1.87. The number of guanidine groups is 1. The number of benzene rings is 1. The van der Waals surface area contributed by atoms with Crippen molar-refractivity contribution in [2.24, 2.45) is 4.99 Å². The molecule has 0 radical (unpaired) electrons. The van der Waals surface area contributed by atoms with Gasteiger partial charge in [-0.25, -0.2) is 0 Å². The molecular weight excluding hydrogens is 361 g/mol. The van der Waals surface area contributed by atoms with Crippen LogP contribution in [-0.2, 0) is 12.8 Å². The minimum atomic E-state index is 0. The summed E-state index contributed by atoms with van der Waals surface area (Å²) in [5, 5.41) is 6.66. The molecule has 114 valence electrons. The third-order valence-electron chi connectivity index (χ3n) is 3.18. The lowest BCUT2D eigenvalue weighted by Gasteiger charge is -2.11. The summed E-state index contributed by atoms with van der Waals surface area (Å²) in [6, 6.07) is 8.86. The second-order valence-electron chi connectivity index (χ2n) is 4.70. The highest BCUT2D eigenvalue weighted by Crippen LogP contribution is 2.05. The van der Waals surface area contributed by atoms with Crippen LogP contribution in [0.4, 0.5) is 0 Å². The third kappa shape index (κ3) is 7.72. The van der Waals surface area contributed by atoms with Crippen LogP contribution in [0.5, 0.6) is 0 Å². The Bertz CT molecular complexity index is 374. The maximum absolute atomic E-state index is 4.21. The lowest BCUT2D eigenvalue weighted by Crippen LogP contribution is -2.38. The van der Waals surface area contributed by atoms with E-state index >= 15 is 0 Å². The Hall–Kier alpha value is -0.780. The number of aliphatic imine (C=N–C) groups is 1. The number of unbranched alkanes of at least 4 members (excludes halogenated alkanes) is 1. The maximum atomic E-state index is 4.21. The van der Waals surface area contributed by atoms with Gasteiger partial charge in [0.25, 0.3) is 0 Å². The van der Waals surface area contributed by atoms with Crippen molar-refractivity contribution in [3.63, 3.8) is 0 Å². The molecule has 0 aromatic heterocycles. The molecule has 0 saturated heterocycles. The van der Waals surface area contributed by atoms with Gasteiger partial charge in [-0.3, -0.25) is 4.99 Å². The summed E-state index contributed by atoms with van der Waals surface area (Å²) >= 11 is 0. The van der Waals surface area contributed by atoms with Crippen LogP contribution >= 0.6 is 24.0 Å². The van der Waals surface area contributed by atoms with Gasteiger partial charge in [0.2, 0.25) is 0 Å². The summed E-state index contributed by atoms with van der Waals surface area (Å²) in [4.78, 5) is 4.21. The van der Waals surface area contributed by atoms with E-state index in [4.69, 9.17) is 0 Å². The zero-order valence-corrected chi connectivity index (χ0v) is 15.2. The van der Waals surface area contributed by atoms with Crippen molar-refractivity contribution >= 4 is 29.9 Å². The summed E-state index contributed by atoms with van der Waals surface area (Å²) in [7, 11) is 1.82. The Morgan fingerprint density at radius 3 is 2.15 bits per heavy atom. The Balaban J connectivity index is 0.00000361. The topological polar surface area (TPSA) is 36.4 Å². The molecule has 0 fully saturated rings. The highest BCUT2D eigenvalue weighted by atomic mass is 127. The standard InChI is InChI=1S/C16H27N3.HI/c1-4-6-12-18-16(17-3)19-13-11-15-9-7-14(5-2)8-10-15;/h7-10H,4-6,11-13H2,1-3H3,(H2,17,18,19);1H. The van der Waals surface area contributed by atoms with Crippen molar-refractivity contribution < 1.29 is 0 Å². The van der Waals surface area contributed by atoms with Crippen LogP contribution in [-0.4, -0.2) is 26.1 Å². The molecule has 1 rings (SSSR count). The van der Waals surface area contributed by atoms with Gasteiger partial charge in [-0.05, 0) is 30.4 Å². The van der Waals surface area contributed by atoms with Crippen molar-refractivity contribution in [2.45, 2.75) is 39.5 Å². The molecule has 0 aliphatic rings. The molecule has 1 aromatic carbocycles. The first kappa shape index (κ1) is 19.2. The third-order valence-corrected chi connectivity index (χ3v) is 3.18. The average Bonchev–Trinajstić information content (AvgIpc) is 2.46. The van der Waals surface area contributed by atoms with Crippen molar-refractivity contribution in [3.8, 4) is 0 Å². The van der Waals surface area contributed by atoms with Gasteiger partial charge in [-0.2, -0.15) is 0 Å². The Kier molecular flexibility index (Phi) is 11.5. The molecule has 0 heterocycles. The summed E-state index contributed by atoms with van der Waals surface area (Å²) in [5.74, 6) is 0.902. The van der Waals surface area contributed by atoms with Crippen molar-refractivity contribution in [2.75, 3.05) is 20.1 Å². The molecule has 0 amide bonds.